The smallest absolute Gasteiger partial charge is 0.112 e. The molecule has 5 nitrogen and oxygen atoms in total. The van der Waals surface area contributed by atoms with Crippen molar-refractivity contribution in [3.8, 4) is 12.1 Å². The third-order valence-electron chi connectivity index (χ3n) is 3.14. The van der Waals surface area contributed by atoms with Gasteiger partial charge in [-0.05, 0) is 19.9 Å². The molecule has 1 aromatic heterocycles. The first-order chi connectivity index (χ1) is 8.49. The molecule has 0 atom stereocenters. The van der Waals surface area contributed by atoms with Crippen LogP contribution in [0.15, 0.2) is 6.07 Å². The van der Waals surface area contributed by atoms with Crippen LogP contribution in [0, 0.1) is 36.5 Å². The molecule has 2 heterocycles. The summed E-state index contributed by atoms with van der Waals surface area (Å²) in [6.45, 7) is 4.45. The minimum Gasteiger partial charge on any atom is -0.385 e. The number of nitrogens with zero attached hydrogens (tertiary/aromatic N) is 4. The van der Waals surface area contributed by atoms with Gasteiger partial charge in [-0.3, -0.25) is 4.98 Å². The van der Waals surface area contributed by atoms with E-state index in [1.807, 2.05) is 24.0 Å². The van der Waals surface area contributed by atoms with Crippen molar-refractivity contribution < 1.29 is 5.11 Å². The minimum atomic E-state index is -0.938. The van der Waals surface area contributed by atoms with Crippen molar-refractivity contribution in [2.24, 2.45) is 0 Å². The van der Waals surface area contributed by atoms with Gasteiger partial charge in [-0.1, -0.05) is 0 Å². The van der Waals surface area contributed by atoms with E-state index in [0.717, 1.165) is 11.4 Å². The second-order valence-corrected chi connectivity index (χ2v) is 4.77. The van der Waals surface area contributed by atoms with E-state index in [9.17, 15) is 5.11 Å². The van der Waals surface area contributed by atoms with Crippen LogP contribution in [-0.4, -0.2) is 28.8 Å². The number of aryl methyl sites for hydroxylation is 2. The summed E-state index contributed by atoms with van der Waals surface area (Å²) in [4.78, 5) is 6.17. The highest BCUT2D eigenvalue weighted by Crippen LogP contribution is 2.33. The Morgan fingerprint density at radius 2 is 2.11 bits per heavy atom. The Bertz CT molecular complexity index is 562. The fraction of sp³-hybridized carbons (Fsp3) is 0.462. The lowest BCUT2D eigenvalue weighted by atomic mass is 9.90. The van der Waals surface area contributed by atoms with Crippen LogP contribution in [0.2, 0.25) is 0 Å². The summed E-state index contributed by atoms with van der Waals surface area (Å²) in [7, 11) is 0. The Morgan fingerprint density at radius 1 is 1.44 bits per heavy atom. The maximum Gasteiger partial charge on any atom is 0.112 e. The Kier molecular flexibility index (Phi) is 2.94. The monoisotopic (exact) mass is 242 g/mol. The van der Waals surface area contributed by atoms with Gasteiger partial charge in [-0.2, -0.15) is 10.5 Å². The van der Waals surface area contributed by atoms with Gasteiger partial charge in [0.15, 0.2) is 0 Å². The van der Waals surface area contributed by atoms with E-state index < -0.39 is 5.60 Å². The summed E-state index contributed by atoms with van der Waals surface area (Å²) in [5.74, 6) is 0. The summed E-state index contributed by atoms with van der Waals surface area (Å²) in [5, 5.41) is 27.8. The second-order valence-electron chi connectivity index (χ2n) is 4.77. The third-order valence-corrected chi connectivity index (χ3v) is 3.14. The molecule has 0 aromatic carbocycles. The second kappa shape index (κ2) is 4.29. The Morgan fingerprint density at radius 3 is 2.67 bits per heavy atom. The van der Waals surface area contributed by atoms with Crippen molar-refractivity contribution in [2.45, 2.75) is 25.9 Å². The first-order valence-corrected chi connectivity index (χ1v) is 5.72. The van der Waals surface area contributed by atoms with Crippen LogP contribution >= 0.6 is 0 Å². The average molecular weight is 242 g/mol. The molecule has 1 aromatic rings. The predicted octanol–water partition coefficient (Wildman–Crippen LogP) is 1.03. The van der Waals surface area contributed by atoms with Crippen LogP contribution in [0.4, 0.5) is 5.69 Å². The maximum absolute atomic E-state index is 9.98. The number of hydrogen-bond acceptors (Lipinski definition) is 5. The molecule has 1 N–H and O–H groups in total. The largest absolute Gasteiger partial charge is 0.385 e. The number of pyridine rings is 1. The number of aromatic nitrogens is 1. The zero-order valence-corrected chi connectivity index (χ0v) is 10.4. The van der Waals surface area contributed by atoms with Crippen LogP contribution in [0.3, 0.4) is 0 Å². The SMILES string of the molecule is Cc1cc(N2CC(O)(CC#N)C2)c(C#N)c(C)n1. The van der Waals surface area contributed by atoms with Crippen molar-refractivity contribution in [1.82, 2.24) is 4.98 Å². The number of hydrogen-bond donors (Lipinski definition) is 1. The molecule has 5 heteroatoms. The molecule has 0 radical (unpaired) electrons. The first-order valence-electron chi connectivity index (χ1n) is 5.72. The van der Waals surface area contributed by atoms with Crippen molar-refractivity contribution in [1.29, 1.82) is 10.5 Å². The Hall–Kier alpha value is -2.11. The van der Waals surface area contributed by atoms with Crippen LogP contribution in [0.1, 0.15) is 23.4 Å². The highest BCUT2D eigenvalue weighted by atomic mass is 16.3. The van der Waals surface area contributed by atoms with E-state index in [1.54, 1.807) is 6.92 Å². The quantitative estimate of drug-likeness (QED) is 0.837. The number of rotatable bonds is 2. The number of aliphatic hydroxyl groups is 1. The van der Waals surface area contributed by atoms with Gasteiger partial charge in [0, 0.05) is 18.8 Å². The van der Waals surface area contributed by atoms with Crippen LogP contribution < -0.4 is 4.90 Å². The van der Waals surface area contributed by atoms with Crippen molar-refractivity contribution in [3.63, 3.8) is 0 Å². The number of nitriles is 2. The van der Waals surface area contributed by atoms with E-state index in [-0.39, 0.29) is 6.42 Å². The van der Waals surface area contributed by atoms with Crippen molar-refractivity contribution in [2.75, 3.05) is 18.0 Å². The first kappa shape index (κ1) is 12.3. The normalized spacial score (nSPS) is 16.6. The Labute approximate surface area is 106 Å². The molecule has 1 fully saturated rings. The molecule has 1 aliphatic rings. The molecule has 1 aliphatic heterocycles. The standard InChI is InChI=1S/C13H14N4O/c1-9-5-12(11(6-15)10(2)16-9)17-7-13(18,8-17)3-4-14/h5,18H,3,7-8H2,1-2H3. The van der Waals surface area contributed by atoms with Gasteiger partial charge in [0.1, 0.15) is 11.7 Å². The lowest BCUT2D eigenvalue weighted by molar-refractivity contribution is 0.0166. The van der Waals surface area contributed by atoms with Gasteiger partial charge in [0.05, 0.1) is 29.4 Å². The number of anilines is 1. The van der Waals surface area contributed by atoms with E-state index in [2.05, 4.69) is 11.1 Å². The molecule has 0 amide bonds. The lowest BCUT2D eigenvalue weighted by Gasteiger charge is -2.47. The summed E-state index contributed by atoms with van der Waals surface area (Å²) in [6.07, 6.45) is 0.119. The average Bonchev–Trinajstić information content (AvgIpc) is 2.25. The van der Waals surface area contributed by atoms with Gasteiger partial charge < -0.3 is 10.0 Å². The molecule has 2 rings (SSSR count). The molecule has 0 saturated carbocycles. The van der Waals surface area contributed by atoms with E-state index in [4.69, 9.17) is 10.5 Å². The molecule has 0 unspecified atom stereocenters. The molecule has 92 valence electrons. The van der Waals surface area contributed by atoms with Gasteiger partial charge in [-0.25, -0.2) is 0 Å². The summed E-state index contributed by atoms with van der Waals surface area (Å²) in [6, 6.07) is 5.97. The van der Waals surface area contributed by atoms with Gasteiger partial charge in [0.25, 0.3) is 0 Å². The van der Waals surface area contributed by atoms with Crippen LogP contribution in [0.25, 0.3) is 0 Å². The predicted molar refractivity (Wildman–Crippen MR) is 65.8 cm³/mol. The third kappa shape index (κ3) is 2.01. The highest BCUT2D eigenvalue weighted by Gasteiger charge is 2.42. The zero-order valence-electron chi connectivity index (χ0n) is 10.4. The molecular weight excluding hydrogens is 228 g/mol. The van der Waals surface area contributed by atoms with E-state index in [0.29, 0.717) is 24.3 Å². The summed E-state index contributed by atoms with van der Waals surface area (Å²) in [5.41, 5.74) is 1.94. The van der Waals surface area contributed by atoms with Gasteiger partial charge >= 0.3 is 0 Å². The summed E-state index contributed by atoms with van der Waals surface area (Å²) < 4.78 is 0. The number of β-amino-alcohol motifs (C(OH)–C–C–N with tert-alkyl or cyclic N) is 1. The molecule has 0 spiro atoms. The molecular formula is C13H14N4O. The highest BCUT2D eigenvalue weighted by molar-refractivity contribution is 5.63. The van der Waals surface area contributed by atoms with Crippen molar-refractivity contribution >= 4 is 5.69 Å². The van der Waals surface area contributed by atoms with E-state index in [1.165, 1.54) is 0 Å². The van der Waals surface area contributed by atoms with Crippen LogP contribution in [-0.2, 0) is 0 Å². The lowest BCUT2D eigenvalue weighted by Crippen LogP contribution is -2.62. The fourth-order valence-corrected chi connectivity index (χ4v) is 2.29. The zero-order chi connectivity index (χ0) is 13.3. The summed E-state index contributed by atoms with van der Waals surface area (Å²) >= 11 is 0. The molecule has 18 heavy (non-hydrogen) atoms. The van der Waals surface area contributed by atoms with Gasteiger partial charge in [-0.15, -0.1) is 0 Å². The maximum atomic E-state index is 9.98. The molecule has 0 aliphatic carbocycles. The topological polar surface area (TPSA) is 83.9 Å². The molecule has 1 saturated heterocycles. The van der Waals surface area contributed by atoms with Crippen LogP contribution in [0.5, 0.6) is 0 Å². The Balaban J connectivity index is 2.28. The van der Waals surface area contributed by atoms with Crippen molar-refractivity contribution in [3.05, 3.63) is 23.0 Å². The minimum absolute atomic E-state index is 0.119. The molecule has 0 bridgehead atoms. The van der Waals surface area contributed by atoms with Gasteiger partial charge in [0.2, 0.25) is 0 Å². The fourth-order valence-electron chi connectivity index (χ4n) is 2.29. The van der Waals surface area contributed by atoms with E-state index >= 15 is 0 Å².